The number of nitrogens with one attached hydrogen (secondary N) is 2. The van der Waals surface area contributed by atoms with Gasteiger partial charge in [-0.3, -0.25) is 4.99 Å². The fraction of sp³-hybridized carbons (Fsp3) is 0.667. The van der Waals surface area contributed by atoms with Gasteiger partial charge >= 0.3 is 0 Å². The maximum atomic E-state index is 12.9. The summed E-state index contributed by atoms with van der Waals surface area (Å²) in [4.78, 5) is 6.86. The molecule has 0 aromatic heterocycles. The van der Waals surface area contributed by atoms with E-state index < -0.39 is 10.0 Å². The number of ether oxygens (including phenoxy) is 1. The summed E-state index contributed by atoms with van der Waals surface area (Å²) < 4.78 is 32.5. The molecule has 0 saturated carbocycles. The number of hydrogen-bond donors (Lipinski definition) is 2. The Kier molecular flexibility index (Phi) is 13.6. The quantitative estimate of drug-likeness (QED) is 0.185. The van der Waals surface area contributed by atoms with Crippen LogP contribution < -0.4 is 10.6 Å². The molecule has 10 heteroatoms. The second-order valence-electron chi connectivity index (χ2n) is 7.61. The first-order chi connectivity index (χ1) is 14.5. The molecule has 1 aromatic rings. The summed E-state index contributed by atoms with van der Waals surface area (Å²) in [6, 6.07) is 7.17. The van der Waals surface area contributed by atoms with Crippen LogP contribution in [0.2, 0.25) is 0 Å². The van der Waals surface area contributed by atoms with Gasteiger partial charge in [-0.25, -0.2) is 8.42 Å². The summed E-state index contributed by atoms with van der Waals surface area (Å²) in [7, 11) is 2.12. The zero-order valence-corrected chi connectivity index (χ0v) is 22.1. The van der Waals surface area contributed by atoms with Crippen molar-refractivity contribution in [2.45, 2.75) is 37.1 Å². The van der Waals surface area contributed by atoms with Crippen molar-refractivity contribution in [3.8, 4) is 0 Å². The Hall–Kier alpha value is -0.950. The van der Waals surface area contributed by atoms with Crippen LogP contribution in [0, 0.1) is 0 Å². The first kappa shape index (κ1) is 28.1. The highest BCUT2D eigenvalue weighted by Crippen LogP contribution is 2.21. The number of piperidine rings is 1. The molecule has 2 N–H and O–H groups in total. The van der Waals surface area contributed by atoms with E-state index in [2.05, 4.69) is 27.6 Å². The smallest absolute Gasteiger partial charge is 0.243 e. The monoisotopic (exact) mass is 567 g/mol. The van der Waals surface area contributed by atoms with Gasteiger partial charge in [0.1, 0.15) is 0 Å². The Bertz CT molecular complexity index is 770. The van der Waals surface area contributed by atoms with Crippen LogP contribution >= 0.6 is 24.0 Å². The lowest BCUT2D eigenvalue weighted by atomic mass is 10.2. The molecule has 1 heterocycles. The molecule has 1 fully saturated rings. The molecule has 0 unspecified atom stereocenters. The van der Waals surface area contributed by atoms with Gasteiger partial charge in [0, 0.05) is 60.0 Å². The topological polar surface area (TPSA) is 86.3 Å². The van der Waals surface area contributed by atoms with Gasteiger partial charge in [-0.1, -0.05) is 18.6 Å². The molecule has 1 aliphatic rings. The van der Waals surface area contributed by atoms with Crippen molar-refractivity contribution < 1.29 is 13.2 Å². The minimum atomic E-state index is -3.42. The molecule has 0 spiro atoms. The number of rotatable bonds is 11. The number of hydrogen-bond acceptors (Lipinski definition) is 5. The van der Waals surface area contributed by atoms with Gasteiger partial charge in [0.05, 0.1) is 4.90 Å². The molecular formula is C21H38IN5O3S. The molecule has 1 aliphatic heterocycles. The third-order valence-electron chi connectivity index (χ3n) is 5.21. The third kappa shape index (κ3) is 9.60. The number of likely N-dealkylation sites (N-methyl/N-ethyl adjacent to an activating group) is 1. The minimum Gasteiger partial charge on any atom is -0.385 e. The lowest BCUT2D eigenvalue weighted by Crippen LogP contribution is -2.40. The van der Waals surface area contributed by atoms with E-state index >= 15 is 0 Å². The van der Waals surface area contributed by atoms with Gasteiger partial charge in [0.2, 0.25) is 10.0 Å². The van der Waals surface area contributed by atoms with Crippen molar-refractivity contribution in [3.63, 3.8) is 0 Å². The number of aliphatic imine (C=N–C) groups is 1. The molecule has 0 aliphatic carbocycles. The molecular weight excluding hydrogens is 529 g/mol. The van der Waals surface area contributed by atoms with Crippen LogP contribution in [0.4, 0.5) is 0 Å². The fourth-order valence-corrected chi connectivity index (χ4v) is 5.02. The molecule has 1 aromatic carbocycles. The van der Waals surface area contributed by atoms with E-state index in [-0.39, 0.29) is 24.0 Å². The van der Waals surface area contributed by atoms with Gasteiger partial charge in [-0.15, -0.1) is 24.0 Å². The van der Waals surface area contributed by atoms with Crippen LogP contribution in [-0.2, 0) is 21.3 Å². The Morgan fingerprint density at radius 2 is 1.94 bits per heavy atom. The number of guanidine groups is 1. The van der Waals surface area contributed by atoms with Crippen LogP contribution in [0.25, 0.3) is 0 Å². The summed E-state index contributed by atoms with van der Waals surface area (Å²) in [6.45, 7) is 5.16. The lowest BCUT2D eigenvalue weighted by molar-refractivity contribution is 0.180. The van der Waals surface area contributed by atoms with Gasteiger partial charge < -0.3 is 20.3 Å². The maximum Gasteiger partial charge on any atom is 0.243 e. The van der Waals surface area contributed by atoms with E-state index in [0.717, 1.165) is 57.5 Å². The summed E-state index contributed by atoms with van der Waals surface area (Å²) >= 11 is 0. The van der Waals surface area contributed by atoms with E-state index in [1.165, 1.54) is 0 Å². The van der Waals surface area contributed by atoms with E-state index in [0.29, 0.717) is 30.5 Å². The average molecular weight is 568 g/mol. The first-order valence-electron chi connectivity index (χ1n) is 10.7. The van der Waals surface area contributed by atoms with Crippen molar-refractivity contribution in [2.24, 2.45) is 4.99 Å². The van der Waals surface area contributed by atoms with Crippen LogP contribution in [0.15, 0.2) is 34.2 Å². The van der Waals surface area contributed by atoms with Gasteiger partial charge in [-0.2, -0.15) is 4.31 Å². The van der Waals surface area contributed by atoms with Gasteiger partial charge in [-0.05, 0) is 44.0 Å². The van der Waals surface area contributed by atoms with Crippen molar-refractivity contribution in [1.82, 2.24) is 19.8 Å². The maximum absolute atomic E-state index is 12.9. The van der Waals surface area contributed by atoms with E-state index in [4.69, 9.17) is 4.74 Å². The summed E-state index contributed by atoms with van der Waals surface area (Å²) in [6.07, 6.45) is 3.98. The number of sulfonamides is 1. The Labute approximate surface area is 204 Å². The summed E-state index contributed by atoms with van der Waals surface area (Å²) in [5.41, 5.74) is 0.910. The second-order valence-corrected chi connectivity index (χ2v) is 9.55. The zero-order valence-electron chi connectivity index (χ0n) is 19.0. The molecule has 0 atom stereocenters. The zero-order chi connectivity index (χ0) is 21.8. The number of benzene rings is 1. The van der Waals surface area contributed by atoms with E-state index in [1.54, 1.807) is 36.7 Å². The number of halogens is 1. The third-order valence-corrected chi connectivity index (χ3v) is 7.10. The number of nitrogens with zero attached hydrogens (tertiary/aromatic N) is 3. The average Bonchev–Trinajstić information content (AvgIpc) is 2.77. The molecule has 1 saturated heterocycles. The standard InChI is InChI=1S/C21H37N5O3S.HI/c1-22-21(23-11-15-25(2)12-8-16-29-3)24-18-19-9-7-10-20(17-19)30(27,28)26-13-5-4-6-14-26;/h7,9-10,17H,4-6,8,11-16,18H2,1-3H3,(H2,22,23,24);1H. The van der Waals surface area contributed by atoms with Crippen LogP contribution in [0.3, 0.4) is 0 Å². The molecule has 178 valence electrons. The molecule has 0 bridgehead atoms. The largest absolute Gasteiger partial charge is 0.385 e. The number of methoxy groups -OCH3 is 1. The minimum absolute atomic E-state index is 0. The lowest BCUT2D eigenvalue weighted by Gasteiger charge is -2.26. The van der Waals surface area contributed by atoms with Crippen molar-refractivity contribution in [3.05, 3.63) is 29.8 Å². The highest BCUT2D eigenvalue weighted by Gasteiger charge is 2.25. The summed E-state index contributed by atoms with van der Waals surface area (Å²) in [5.74, 6) is 0.699. The first-order valence-corrected chi connectivity index (χ1v) is 12.1. The molecule has 0 amide bonds. The Morgan fingerprint density at radius 3 is 2.61 bits per heavy atom. The Morgan fingerprint density at radius 1 is 1.19 bits per heavy atom. The Balaban J connectivity index is 0.00000480. The molecule has 0 radical (unpaired) electrons. The normalized spacial score (nSPS) is 15.5. The SMILES string of the molecule is CN=C(NCCN(C)CCCOC)NCc1cccc(S(=O)(=O)N2CCCCC2)c1.I. The summed E-state index contributed by atoms with van der Waals surface area (Å²) in [5, 5.41) is 6.56. The van der Waals surface area contributed by atoms with Crippen molar-refractivity contribution in [2.75, 3.05) is 60.5 Å². The second kappa shape index (κ2) is 15.0. The van der Waals surface area contributed by atoms with Gasteiger partial charge in [0.25, 0.3) is 0 Å². The molecule has 31 heavy (non-hydrogen) atoms. The molecule has 8 nitrogen and oxygen atoms in total. The highest BCUT2D eigenvalue weighted by atomic mass is 127. The van der Waals surface area contributed by atoms with Crippen molar-refractivity contribution >= 4 is 40.0 Å². The van der Waals surface area contributed by atoms with Crippen LogP contribution in [0.1, 0.15) is 31.2 Å². The van der Waals surface area contributed by atoms with Gasteiger partial charge in [0.15, 0.2) is 5.96 Å². The molecule has 2 rings (SSSR count). The van der Waals surface area contributed by atoms with E-state index in [9.17, 15) is 8.42 Å². The van der Waals surface area contributed by atoms with Crippen LogP contribution in [-0.4, -0.2) is 84.1 Å². The highest BCUT2D eigenvalue weighted by molar-refractivity contribution is 14.0. The van der Waals surface area contributed by atoms with E-state index in [1.807, 2.05) is 6.07 Å². The predicted molar refractivity (Wildman–Crippen MR) is 137 cm³/mol. The van der Waals surface area contributed by atoms with Crippen molar-refractivity contribution in [1.29, 1.82) is 0 Å². The van der Waals surface area contributed by atoms with Crippen LogP contribution in [0.5, 0.6) is 0 Å². The predicted octanol–water partition coefficient (Wildman–Crippen LogP) is 2.11. The fourth-order valence-electron chi connectivity index (χ4n) is 3.43.